The van der Waals surface area contributed by atoms with Crippen molar-refractivity contribution >= 4 is 6.09 Å². The molecule has 0 radical (unpaired) electrons. The molecule has 0 spiro atoms. The van der Waals surface area contributed by atoms with Gasteiger partial charge in [-0.15, -0.1) is 0 Å². The Labute approximate surface area is 123 Å². The molecular formula is C15H31N3O2. The van der Waals surface area contributed by atoms with Crippen LogP contribution in [0.25, 0.3) is 0 Å². The maximum absolute atomic E-state index is 11.4. The summed E-state index contributed by atoms with van der Waals surface area (Å²) >= 11 is 0. The third kappa shape index (κ3) is 8.38. The molecule has 0 aromatic carbocycles. The van der Waals surface area contributed by atoms with Gasteiger partial charge in [-0.1, -0.05) is 0 Å². The first-order chi connectivity index (χ1) is 9.37. The van der Waals surface area contributed by atoms with E-state index in [1.54, 1.807) is 0 Å². The van der Waals surface area contributed by atoms with Crippen LogP contribution in [0.15, 0.2) is 0 Å². The molecule has 118 valence electrons. The molecule has 5 heteroatoms. The van der Waals surface area contributed by atoms with Crippen molar-refractivity contribution < 1.29 is 9.53 Å². The van der Waals surface area contributed by atoms with Crippen LogP contribution in [0.3, 0.4) is 0 Å². The number of carbonyl (C=O) groups excluding carboxylic acids is 1. The lowest BCUT2D eigenvalue weighted by Gasteiger charge is -2.28. The van der Waals surface area contributed by atoms with Gasteiger partial charge in [0.05, 0.1) is 0 Å². The Morgan fingerprint density at radius 2 is 1.85 bits per heavy atom. The van der Waals surface area contributed by atoms with Crippen LogP contribution < -0.4 is 10.6 Å². The van der Waals surface area contributed by atoms with Crippen molar-refractivity contribution in [1.29, 1.82) is 0 Å². The van der Waals surface area contributed by atoms with E-state index < -0.39 is 5.60 Å². The van der Waals surface area contributed by atoms with Crippen LogP contribution in [0.2, 0.25) is 0 Å². The smallest absolute Gasteiger partial charge is 0.407 e. The molecule has 1 fully saturated rings. The minimum absolute atomic E-state index is 0.338. The molecule has 1 rings (SSSR count). The number of hydrogen-bond donors (Lipinski definition) is 2. The number of piperidine rings is 1. The number of nitrogens with one attached hydrogen (secondary N) is 2. The van der Waals surface area contributed by atoms with Gasteiger partial charge in [0.2, 0.25) is 0 Å². The largest absolute Gasteiger partial charge is 0.444 e. The van der Waals surface area contributed by atoms with Crippen molar-refractivity contribution in [3.8, 4) is 0 Å². The monoisotopic (exact) mass is 285 g/mol. The second kappa shape index (κ2) is 8.47. The number of amides is 1. The summed E-state index contributed by atoms with van der Waals surface area (Å²) in [5, 5.41) is 6.13. The highest BCUT2D eigenvalue weighted by Gasteiger charge is 2.16. The standard InChI is InChI=1S/C15H31N3O2/c1-15(2,3)20-14(19)17-10-9-16-8-5-13-6-11-18(4)12-7-13/h13,16H,5-12H2,1-4H3,(H,17,19). The number of rotatable bonds is 6. The van der Waals surface area contributed by atoms with Crippen LogP contribution in [0, 0.1) is 5.92 Å². The van der Waals surface area contributed by atoms with E-state index in [-0.39, 0.29) is 6.09 Å². The summed E-state index contributed by atoms with van der Waals surface area (Å²) in [7, 11) is 2.19. The highest BCUT2D eigenvalue weighted by molar-refractivity contribution is 5.67. The fourth-order valence-corrected chi connectivity index (χ4v) is 2.35. The minimum atomic E-state index is -0.425. The van der Waals surface area contributed by atoms with Gasteiger partial charge in [-0.2, -0.15) is 0 Å². The van der Waals surface area contributed by atoms with Crippen molar-refractivity contribution in [2.75, 3.05) is 39.8 Å². The lowest BCUT2D eigenvalue weighted by atomic mass is 9.94. The molecular weight excluding hydrogens is 254 g/mol. The summed E-state index contributed by atoms with van der Waals surface area (Å²) in [5.41, 5.74) is -0.425. The number of ether oxygens (including phenoxy) is 1. The average Bonchev–Trinajstić information content (AvgIpc) is 2.33. The molecule has 20 heavy (non-hydrogen) atoms. The van der Waals surface area contributed by atoms with E-state index in [9.17, 15) is 4.79 Å². The van der Waals surface area contributed by atoms with Crippen LogP contribution in [-0.4, -0.2) is 56.4 Å². The summed E-state index contributed by atoms with van der Waals surface area (Å²) in [6.07, 6.45) is 3.53. The van der Waals surface area contributed by atoms with E-state index in [0.29, 0.717) is 6.54 Å². The van der Waals surface area contributed by atoms with E-state index in [0.717, 1.165) is 19.0 Å². The zero-order valence-corrected chi connectivity index (χ0v) is 13.5. The third-order valence-electron chi connectivity index (χ3n) is 3.54. The number of alkyl carbamates (subject to hydrolysis) is 1. The Morgan fingerprint density at radius 1 is 1.20 bits per heavy atom. The first kappa shape index (κ1) is 17.2. The van der Waals surface area contributed by atoms with E-state index >= 15 is 0 Å². The van der Waals surface area contributed by atoms with E-state index in [1.807, 2.05) is 20.8 Å². The van der Waals surface area contributed by atoms with Crippen LogP contribution in [0.4, 0.5) is 4.79 Å². The molecule has 0 saturated carbocycles. The highest BCUT2D eigenvalue weighted by Crippen LogP contribution is 2.18. The van der Waals surface area contributed by atoms with Gasteiger partial charge in [-0.3, -0.25) is 0 Å². The first-order valence-electron chi connectivity index (χ1n) is 7.73. The lowest BCUT2D eigenvalue weighted by molar-refractivity contribution is 0.0528. The van der Waals surface area contributed by atoms with Crippen molar-refractivity contribution in [2.24, 2.45) is 5.92 Å². The molecule has 0 unspecified atom stereocenters. The Balaban J connectivity index is 1.93. The highest BCUT2D eigenvalue weighted by atomic mass is 16.6. The van der Waals surface area contributed by atoms with Crippen LogP contribution >= 0.6 is 0 Å². The van der Waals surface area contributed by atoms with Crippen molar-refractivity contribution in [3.05, 3.63) is 0 Å². The zero-order valence-electron chi connectivity index (χ0n) is 13.5. The molecule has 1 heterocycles. The average molecular weight is 285 g/mol. The molecule has 0 bridgehead atoms. The molecule has 5 nitrogen and oxygen atoms in total. The maximum Gasteiger partial charge on any atom is 0.407 e. The topological polar surface area (TPSA) is 53.6 Å². The quantitative estimate of drug-likeness (QED) is 0.731. The molecule has 1 aliphatic heterocycles. The van der Waals surface area contributed by atoms with E-state index in [4.69, 9.17) is 4.74 Å². The summed E-state index contributed by atoms with van der Waals surface area (Å²) in [6.45, 7) is 10.5. The second-order valence-corrected chi connectivity index (χ2v) is 6.71. The van der Waals surface area contributed by atoms with Gasteiger partial charge >= 0.3 is 6.09 Å². The number of hydrogen-bond acceptors (Lipinski definition) is 4. The van der Waals surface area contributed by atoms with Gasteiger partial charge in [-0.05, 0) is 72.6 Å². The molecule has 1 saturated heterocycles. The molecule has 0 aromatic heterocycles. The predicted octanol–water partition coefficient (Wildman–Crippen LogP) is 1.83. The minimum Gasteiger partial charge on any atom is -0.444 e. The fraction of sp³-hybridized carbons (Fsp3) is 0.933. The Kier molecular flexibility index (Phi) is 7.30. The van der Waals surface area contributed by atoms with Crippen LogP contribution in [0.5, 0.6) is 0 Å². The van der Waals surface area contributed by atoms with Gasteiger partial charge in [0, 0.05) is 13.1 Å². The zero-order chi connectivity index (χ0) is 15.0. The van der Waals surface area contributed by atoms with Gasteiger partial charge in [0.15, 0.2) is 0 Å². The maximum atomic E-state index is 11.4. The predicted molar refractivity (Wildman–Crippen MR) is 81.9 cm³/mol. The number of carbonyl (C=O) groups is 1. The van der Waals surface area contributed by atoms with E-state index in [2.05, 4.69) is 22.6 Å². The van der Waals surface area contributed by atoms with Gasteiger partial charge in [-0.25, -0.2) is 4.79 Å². The Hall–Kier alpha value is -0.810. The molecule has 2 N–H and O–H groups in total. The van der Waals surface area contributed by atoms with E-state index in [1.165, 1.54) is 32.4 Å². The Bertz CT molecular complexity index is 281. The number of likely N-dealkylation sites (tertiary alicyclic amines) is 1. The van der Waals surface area contributed by atoms with Crippen LogP contribution in [-0.2, 0) is 4.74 Å². The lowest BCUT2D eigenvalue weighted by Crippen LogP contribution is -2.37. The van der Waals surface area contributed by atoms with Crippen molar-refractivity contribution in [3.63, 3.8) is 0 Å². The van der Waals surface area contributed by atoms with Crippen molar-refractivity contribution in [2.45, 2.75) is 45.6 Å². The van der Waals surface area contributed by atoms with Gasteiger partial charge < -0.3 is 20.3 Å². The summed E-state index contributed by atoms with van der Waals surface area (Å²) in [4.78, 5) is 13.8. The summed E-state index contributed by atoms with van der Waals surface area (Å²) < 4.78 is 5.17. The molecule has 0 atom stereocenters. The molecule has 0 aromatic rings. The Morgan fingerprint density at radius 3 is 2.45 bits per heavy atom. The first-order valence-corrected chi connectivity index (χ1v) is 7.73. The summed E-state index contributed by atoms with van der Waals surface area (Å²) in [5.74, 6) is 0.859. The molecule has 1 amide bonds. The van der Waals surface area contributed by atoms with Gasteiger partial charge in [0.25, 0.3) is 0 Å². The third-order valence-corrected chi connectivity index (χ3v) is 3.54. The number of nitrogens with zero attached hydrogens (tertiary/aromatic N) is 1. The second-order valence-electron chi connectivity index (χ2n) is 6.71. The SMILES string of the molecule is CN1CCC(CCNCCNC(=O)OC(C)(C)C)CC1. The molecule has 1 aliphatic rings. The van der Waals surface area contributed by atoms with Crippen molar-refractivity contribution in [1.82, 2.24) is 15.5 Å². The fourth-order valence-electron chi connectivity index (χ4n) is 2.35. The van der Waals surface area contributed by atoms with Gasteiger partial charge in [0.1, 0.15) is 5.60 Å². The molecule has 0 aliphatic carbocycles. The van der Waals surface area contributed by atoms with Crippen LogP contribution in [0.1, 0.15) is 40.0 Å². The summed E-state index contributed by atoms with van der Waals surface area (Å²) in [6, 6.07) is 0. The normalized spacial score (nSPS) is 18.0.